The van der Waals surface area contributed by atoms with Gasteiger partial charge in [-0.25, -0.2) is 0 Å². The lowest BCUT2D eigenvalue weighted by Crippen LogP contribution is -2.53. The number of rotatable bonds is 27. The topological polar surface area (TPSA) is 221 Å². The summed E-state index contributed by atoms with van der Waals surface area (Å²) in [7, 11) is 0. The molecule has 0 aliphatic heterocycles. The van der Waals surface area contributed by atoms with Crippen molar-refractivity contribution >= 4 is 35.6 Å². The first-order valence-electron chi connectivity index (χ1n) is 16.9. The highest BCUT2D eigenvalue weighted by Gasteiger charge is 2.25. The van der Waals surface area contributed by atoms with E-state index in [2.05, 4.69) is 21.3 Å². The predicted molar refractivity (Wildman–Crippen MR) is 175 cm³/mol. The van der Waals surface area contributed by atoms with Crippen LogP contribution in [0.25, 0.3) is 0 Å². The first-order valence-corrected chi connectivity index (χ1v) is 16.9. The monoisotopic (exact) mass is 656 g/mol. The van der Waals surface area contributed by atoms with E-state index >= 15 is 0 Å². The number of carbonyl (C=O) groups is 6. The number of nitrogens with two attached hydrogens (primary N) is 2. The molecule has 8 N–H and O–H groups in total. The van der Waals surface area contributed by atoms with Gasteiger partial charge in [-0.3, -0.25) is 28.8 Å². The fraction of sp³-hybridized carbons (Fsp3) is 0.812. The second kappa shape index (κ2) is 26.9. The van der Waals surface area contributed by atoms with Gasteiger partial charge in [-0.15, -0.1) is 0 Å². The summed E-state index contributed by atoms with van der Waals surface area (Å²) < 4.78 is 10.3. The van der Waals surface area contributed by atoms with Gasteiger partial charge in [0.05, 0.1) is 19.3 Å². The summed E-state index contributed by atoms with van der Waals surface area (Å²) in [5.41, 5.74) is 11.1. The van der Waals surface area contributed by atoms with E-state index in [1.807, 2.05) is 20.8 Å². The second-order valence-electron chi connectivity index (χ2n) is 11.5. The molecule has 0 aliphatic carbocycles. The van der Waals surface area contributed by atoms with E-state index in [4.69, 9.17) is 20.9 Å². The van der Waals surface area contributed by atoms with Crippen LogP contribution < -0.4 is 32.7 Å². The summed E-state index contributed by atoms with van der Waals surface area (Å²) in [6.45, 7) is 8.97. The van der Waals surface area contributed by atoms with Crippen molar-refractivity contribution in [2.45, 2.75) is 129 Å². The molecule has 14 nitrogen and oxygen atoms in total. The van der Waals surface area contributed by atoms with Crippen molar-refractivity contribution in [3.8, 4) is 0 Å². The molecule has 4 atom stereocenters. The van der Waals surface area contributed by atoms with Crippen LogP contribution >= 0.6 is 0 Å². The molecular weight excluding hydrogens is 596 g/mol. The number of amides is 4. The zero-order chi connectivity index (χ0) is 34.7. The largest absolute Gasteiger partial charge is 0.466 e. The molecule has 0 radical (unpaired) electrons. The Hall–Kier alpha value is -3.26. The van der Waals surface area contributed by atoms with Gasteiger partial charge in [0.15, 0.2) is 0 Å². The number of unbranched alkanes of at least 4 members (excludes halogenated alkanes) is 5. The van der Waals surface area contributed by atoms with Gasteiger partial charge in [-0.05, 0) is 44.9 Å². The van der Waals surface area contributed by atoms with Crippen LogP contribution in [0.1, 0.15) is 111 Å². The molecular formula is C32H60N6O8. The summed E-state index contributed by atoms with van der Waals surface area (Å²) in [4.78, 5) is 74.3. The molecule has 266 valence electrons. The molecule has 0 aromatic rings. The van der Waals surface area contributed by atoms with Gasteiger partial charge in [0.25, 0.3) is 0 Å². The summed E-state index contributed by atoms with van der Waals surface area (Å²) >= 11 is 0. The van der Waals surface area contributed by atoms with Gasteiger partial charge in [0.2, 0.25) is 23.6 Å². The molecule has 0 bridgehead atoms. The maximum Gasteiger partial charge on any atom is 0.305 e. The van der Waals surface area contributed by atoms with E-state index in [0.29, 0.717) is 45.6 Å². The predicted octanol–water partition coefficient (Wildman–Crippen LogP) is 1.33. The van der Waals surface area contributed by atoms with E-state index in [-0.39, 0.29) is 50.0 Å². The summed E-state index contributed by atoms with van der Waals surface area (Å²) in [5, 5.41) is 11.0. The lowest BCUT2D eigenvalue weighted by molar-refractivity contribution is -0.145. The van der Waals surface area contributed by atoms with Crippen LogP contribution in [0.3, 0.4) is 0 Å². The van der Waals surface area contributed by atoms with E-state index in [1.165, 1.54) is 0 Å². The lowest BCUT2D eigenvalue weighted by Gasteiger charge is -2.20. The minimum atomic E-state index is -0.967. The standard InChI is InChI=1S/C32H60N6O8/c1-5-8-20-45-27(39)16-14-25(37-29(41)23(4)7-3)31(43)35-18-12-10-11-13-19-36-32(44)26(38-30(42)24(34)22-33)15-17-28(40)46-21-9-6-2/h23-26H,5-22,33-34H2,1-4H3,(H,35,43)(H,36,44)(H,37,41)(H,38,42)/t23-,24-,25-,26-/m0/s1. The van der Waals surface area contributed by atoms with Gasteiger partial charge in [-0.2, -0.15) is 0 Å². The number of hydrogen-bond donors (Lipinski definition) is 6. The molecule has 0 heterocycles. The van der Waals surface area contributed by atoms with Crippen molar-refractivity contribution < 1.29 is 38.2 Å². The van der Waals surface area contributed by atoms with Crippen LogP contribution in [0.4, 0.5) is 0 Å². The highest BCUT2D eigenvalue weighted by Crippen LogP contribution is 2.07. The molecule has 0 saturated carbocycles. The van der Waals surface area contributed by atoms with Crippen LogP contribution in [-0.4, -0.2) is 86.5 Å². The maximum atomic E-state index is 12.8. The zero-order valence-corrected chi connectivity index (χ0v) is 28.5. The molecule has 0 unspecified atom stereocenters. The number of ether oxygens (including phenoxy) is 2. The normalized spacial score (nSPS) is 13.4. The van der Waals surface area contributed by atoms with Crippen LogP contribution in [0.15, 0.2) is 0 Å². The summed E-state index contributed by atoms with van der Waals surface area (Å²) in [6, 6.07) is -2.75. The van der Waals surface area contributed by atoms with Crippen molar-refractivity contribution in [3.63, 3.8) is 0 Å². The van der Waals surface area contributed by atoms with E-state index < -0.39 is 41.9 Å². The maximum absolute atomic E-state index is 12.8. The van der Waals surface area contributed by atoms with Gasteiger partial charge in [-0.1, -0.05) is 53.4 Å². The van der Waals surface area contributed by atoms with Crippen LogP contribution in [-0.2, 0) is 38.2 Å². The van der Waals surface area contributed by atoms with Crippen LogP contribution in [0.2, 0.25) is 0 Å². The van der Waals surface area contributed by atoms with Gasteiger partial charge >= 0.3 is 11.9 Å². The molecule has 46 heavy (non-hydrogen) atoms. The summed E-state index contributed by atoms with van der Waals surface area (Å²) in [6.07, 6.45) is 7.05. The van der Waals surface area contributed by atoms with Crippen molar-refractivity contribution in [2.24, 2.45) is 17.4 Å². The molecule has 4 amide bonds. The molecule has 0 saturated heterocycles. The van der Waals surface area contributed by atoms with E-state index in [1.54, 1.807) is 6.92 Å². The van der Waals surface area contributed by atoms with Crippen molar-refractivity contribution in [2.75, 3.05) is 32.8 Å². The number of esters is 2. The van der Waals surface area contributed by atoms with Crippen LogP contribution in [0.5, 0.6) is 0 Å². The van der Waals surface area contributed by atoms with Crippen LogP contribution in [0, 0.1) is 5.92 Å². The number of nitrogens with one attached hydrogen (secondary N) is 4. The molecule has 0 spiro atoms. The smallest absolute Gasteiger partial charge is 0.305 e. The van der Waals surface area contributed by atoms with E-state index in [0.717, 1.165) is 38.5 Å². The van der Waals surface area contributed by atoms with Gasteiger partial charge < -0.3 is 42.2 Å². The quantitative estimate of drug-likeness (QED) is 0.0550. The SMILES string of the molecule is CCCCOC(=O)CC[C@H](NC(=O)[C@@H](C)CC)C(=O)NCCCCCCNC(=O)[C@H](CCC(=O)OCCCC)NC(=O)[C@@H](N)CN. The van der Waals surface area contributed by atoms with Gasteiger partial charge in [0, 0.05) is 38.4 Å². The third kappa shape index (κ3) is 20.7. The Bertz CT molecular complexity index is 847. The fourth-order valence-electron chi connectivity index (χ4n) is 4.03. The third-order valence-electron chi connectivity index (χ3n) is 7.41. The lowest BCUT2D eigenvalue weighted by atomic mass is 10.1. The Labute approximate surface area is 274 Å². The second-order valence-corrected chi connectivity index (χ2v) is 11.5. The highest BCUT2D eigenvalue weighted by molar-refractivity contribution is 5.90. The Morgan fingerprint density at radius 3 is 1.46 bits per heavy atom. The molecule has 14 heteroatoms. The minimum absolute atomic E-state index is 0.0295. The van der Waals surface area contributed by atoms with Crippen molar-refractivity contribution in [1.29, 1.82) is 0 Å². The first-order chi connectivity index (χ1) is 22.0. The van der Waals surface area contributed by atoms with Gasteiger partial charge in [0.1, 0.15) is 12.1 Å². The Morgan fingerprint density at radius 1 is 0.630 bits per heavy atom. The highest BCUT2D eigenvalue weighted by atomic mass is 16.5. The average molecular weight is 657 g/mol. The molecule has 0 fully saturated rings. The molecule has 0 aromatic carbocycles. The number of hydrogen-bond acceptors (Lipinski definition) is 10. The van der Waals surface area contributed by atoms with Crippen molar-refractivity contribution in [1.82, 2.24) is 21.3 Å². The Kier molecular flexibility index (Phi) is 25.0. The first kappa shape index (κ1) is 42.7. The Balaban J connectivity index is 4.64. The fourth-order valence-corrected chi connectivity index (χ4v) is 4.03. The zero-order valence-electron chi connectivity index (χ0n) is 28.5. The number of carbonyl (C=O) groups excluding carboxylic acids is 6. The van der Waals surface area contributed by atoms with Crippen molar-refractivity contribution in [3.05, 3.63) is 0 Å². The molecule has 0 rings (SSSR count). The Morgan fingerprint density at radius 2 is 1.07 bits per heavy atom. The molecule has 0 aromatic heterocycles. The van der Waals surface area contributed by atoms with E-state index in [9.17, 15) is 28.8 Å². The average Bonchev–Trinajstić information content (AvgIpc) is 3.04. The molecule has 0 aliphatic rings. The minimum Gasteiger partial charge on any atom is -0.466 e. The summed E-state index contributed by atoms with van der Waals surface area (Å²) in [5.74, 6) is -2.67. The third-order valence-corrected chi connectivity index (χ3v) is 7.41.